The first-order chi connectivity index (χ1) is 6.59. The molecular weight excluding hydrogens is 217 g/mol. The number of rotatable bonds is 1. The SMILES string of the molecule is Cc1ccc(C2=NCCC2(Cl)Cl)cc1. The summed E-state index contributed by atoms with van der Waals surface area (Å²) in [5, 5.41) is 0. The molecule has 1 nitrogen and oxygen atoms in total. The van der Waals surface area contributed by atoms with Crippen molar-refractivity contribution in [2.45, 2.75) is 17.7 Å². The van der Waals surface area contributed by atoms with Crippen molar-refractivity contribution in [2.75, 3.05) is 6.54 Å². The Kier molecular flexibility index (Phi) is 2.54. The maximum atomic E-state index is 6.14. The molecule has 1 aliphatic heterocycles. The molecule has 1 heterocycles. The third-order valence-electron chi connectivity index (χ3n) is 2.37. The monoisotopic (exact) mass is 227 g/mol. The zero-order chi connectivity index (χ0) is 10.2. The zero-order valence-electron chi connectivity index (χ0n) is 7.93. The van der Waals surface area contributed by atoms with Crippen LogP contribution in [-0.2, 0) is 0 Å². The van der Waals surface area contributed by atoms with Crippen LogP contribution in [0.1, 0.15) is 17.5 Å². The van der Waals surface area contributed by atoms with Crippen LogP contribution in [0.2, 0.25) is 0 Å². The predicted molar refractivity (Wildman–Crippen MR) is 61.6 cm³/mol. The first-order valence-electron chi connectivity index (χ1n) is 4.59. The predicted octanol–water partition coefficient (Wildman–Crippen LogP) is 3.36. The van der Waals surface area contributed by atoms with Crippen LogP contribution in [-0.4, -0.2) is 16.6 Å². The van der Waals surface area contributed by atoms with Gasteiger partial charge in [-0.1, -0.05) is 53.0 Å². The van der Waals surface area contributed by atoms with Crippen molar-refractivity contribution in [2.24, 2.45) is 4.99 Å². The molecule has 0 amide bonds. The topological polar surface area (TPSA) is 12.4 Å². The lowest BCUT2D eigenvalue weighted by Gasteiger charge is -2.14. The number of alkyl halides is 2. The van der Waals surface area contributed by atoms with Gasteiger partial charge in [0.2, 0.25) is 0 Å². The Morgan fingerprint density at radius 1 is 1.21 bits per heavy atom. The number of halogens is 2. The first kappa shape index (κ1) is 10.0. The lowest BCUT2D eigenvalue weighted by atomic mass is 10.1. The number of aryl methyl sites for hydroxylation is 1. The molecule has 1 aromatic carbocycles. The standard InChI is InChI=1S/C11H11Cl2N/c1-8-2-4-9(5-3-8)10-11(12,13)6-7-14-10/h2-5H,6-7H2,1H3. The van der Waals surface area contributed by atoms with Gasteiger partial charge >= 0.3 is 0 Å². The van der Waals surface area contributed by atoms with Gasteiger partial charge in [0.15, 0.2) is 4.33 Å². The summed E-state index contributed by atoms with van der Waals surface area (Å²) in [5.74, 6) is 0. The Hall–Kier alpha value is -0.530. The number of aliphatic imine (C=N–C) groups is 1. The van der Waals surface area contributed by atoms with Gasteiger partial charge in [-0.3, -0.25) is 4.99 Å². The van der Waals surface area contributed by atoms with Crippen molar-refractivity contribution < 1.29 is 0 Å². The molecule has 1 aromatic rings. The van der Waals surface area contributed by atoms with Crippen molar-refractivity contribution in [1.82, 2.24) is 0 Å². The first-order valence-corrected chi connectivity index (χ1v) is 5.35. The Bertz CT molecular complexity index is 365. The molecule has 0 bridgehead atoms. The van der Waals surface area contributed by atoms with E-state index in [1.165, 1.54) is 5.56 Å². The van der Waals surface area contributed by atoms with Crippen molar-refractivity contribution >= 4 is 28.9 Å². The molecule has 2 rings (SSSR count). The number of hydrogen-bond acceptors (Lipinski definition) is 1. The van der Waals surface area contributed by atoms with E-state index in [2.05, 4.69) is 11.9 Å². The highest BCUT2D eigenvalue weighted by Gasteiger charge is 2.35. The van der Waals surface area contributed by atoms with Gasteiger partial charge < -0.3 is 0 Å². The van der Waals surface area contributed by atoms with E-state index in [0.717, 1.165) is 17.8 Å². The summed E-state index contributed by atoms with van der Waals surface area (Å²) in [7, 11) is 0. The number of nitrogens with zero attached hydrogens (tertiary/aromatic N) is 1. The summed E-state index contributed by atoms with van der Waals surface area (Å²) >= 11 is 12.3. The summed E-state index contributed by atoms with van der Waals surface area (Å²) in [5.41, 5.74) is 3.06. The summed E-state index contributed by atoms with van der Waals surface area (Å²) in [6, 6.07) is 8.11. The smallest absolute Gasteiger partial charge is 0.161 e. The second-order valence-corrected chi connectivity index (χ2v) is 5.03. The molecule has 0 atom stereocenters. The molecule has 0 aromatic heterocycles. The molecular formula is C11H11Cl2N. The van der Waals surface area contributed by atoms with Crippen LogP contribution in [0.3, 0.4) is 0 Å². The molecule has 0 spiro atoms. The quantitative estimate of drug-likeness (QED) is 0.653. The third kappa shape index (κ3) is 1.79. The molecule has 0 radical (unpaired) electrons. The lowest BCUT2D eigenvalue weighted by Crippen LogP contribution is -2.22. The molecule has 0 fully saturated rings. The molecule has 0 N–H and O–H groups in total. The van der Waals surface area contributed by atoms with Gasteiger partial charge in [-0.05, 0) is 12.5 Å². The summed E-state index contributed by atoms with van der Waals surface area (Å²) in [6.45, 7) is 2.77. The molecule has 1 aliphatic rings. The van der Waals surface area contributed by atoms with Gasteiger partial charge in [0, 0.05) is 13.0 Å². The Labute approximate surface area is 93.8 Å². The van der Waals surface area contributed by atoms with Crippen molar-refractivity contribution in [3.8, 4) is 0 Å². The van der Waals surface area contributed by atoms with E-state index >= 15 is 0 Å². The van der Waals surface area contributed by atoms with Crippen LogP contribution in [0, 0.1) is 6.92 Å². The van der Waals surface area contributed by atoms with Gasteiger partial charge in [0.05, 0.1) is 5.71 Å². The van der Waals surface area contributed by atoms with E-state index in [0.29, 0.717) is 6.42 Å². The second kappa shape index (κ2) is 3.56. The highest BCUT2D eigenvalue weighted by Crippen LogP contribution is 2.34. The largest absolute Gasteiger partial charge is 0.286 e. The maximum Gasteiger partial charge on any atom is 0.161 e. The van der Waals surface area contributed by atoms with Crippen LogP contribution in [0.4, 0.5) is 0 Å². The van der Waals surface area contributed by atoms with E-state index in [1.807, 2.05) is 24.3 Å². The van der Waals surface area contributed by atoms with Crippen LogP contribution in [0.15, 0.2) is 29.3 Å². The van der Waals surface area contributed by atoms with E-state index in [4.69, 9.17) is 23.2 Å². The maximum absolute atomic E-state index is 6.14. The average Bonchev–Trinajstić information content (AvgIpc) is 2.47. The average molecular weight is 228 g/mol. The zero-order valence-corrected chi connectivity index (χ0v) is 9.44. The minimum absolute atomic E-state index is 0.708. The Morgan fingerprint density at radius 2 is 1.86 bits per heavy atom. The fourth-order valence-corrected chi connectivity index (χ4v) is 2.06. The molecule has 14 heavy (non-hydrogen) atoms. The third-order valence-corrected chi connectivity index (χ3v) is 3.10. The van der Waals surface area contributed by atoms with E-state index in [9.17, 15) is 0 Å². The van der Waals surface area contributed by atoms with Crippen molar-refractivity contribution in [3.63, 3.8) is 0 Å². The highest BCUT2D eigenvalue weighted by molar-refractivity contribution is 6.61. The van der Waals surface area contributed by atoms with Gasteiger partial charge in [0.25, 0.3) is 0 Å². The summed E-state index contributed by atoms with van der Waals surface area (Å²) in [6.07, 6.45) is 0.708. The highest BCUT2D eigenvalue weighted by atomic mass is 35.5. The van der Waals surface area contributed by atoms with Crippen LogP contribution in [0.25, 0.3) is 0 Å². The summed E-state index contributed by atoms with van der Waals surface area (Å²) < 4.78 is -0.796. The summed E-state index contributed by atoms with van der Waals surface area (Å²) in [4.78, 5) is 4.34. The van der Waals surface area contributed by atoms with E-state index < -0.39 is 4.33 Å². The molecule has 0 unspecified atom stereocenters. The van der Waals surface area contributed by atoms with Crippen molar-refractivity contribution in [3.05, 3.63) is 35.4 Å². The molecule has 0 saturated heterocycles. The van der Waals surface area contributed by atoms with Gasteiger partial charge in [0.1, 0.15) is 0 Å². The van der Waals surface area contributed by atoms with Gasteiger partial charge in [-0.2, -0.15) is 0 Å². The minimum Gasteiger partial charge on any atom is -0.286 e. The Balaban J connectivity index is 2.36. The molecule has 0 aliphatic carbocycles. The Morgan fingerprint density at radius 3 is 2.36 bits per heavy atom. The number of benzene rings is 1. The minimum atomic E-state index is -0.796. The van der Waals surface area contributed by atoms with Gasteiger partial charge in [-0.15, -0.1) is 0 Å². The van der Waals surface area contributed by atoms with E-state index in [1.54, 1.807) is 0 Å². The number of hydrogen-bond donors (Lipinski definition) is 0. The van der Waals surface area contributed by atoms with Gasteiger partial charge in [-0.25, -0.2) is 0 Å². The van der Waals surface area contributed by atoms with Crippen LogP contribution < -0.4 is 0 Å². The van der Waals surface area contributed by atoms with E-state index in [-0.39, 0.29) is 0 Å². The molecule has 3 heteroatoms. The molecule has 74 valence electrons. The molecule has 0 saturated carbocycles. The normalized spacial score (nSPS) is 19.5. The second-order valence-electron chi connectivity index (χ2n) is 3.55. The van der Waals surface area contributed by atoms with Crippen LogP contribution in [0.5, 0.6) is 0 Å². The van der Waals surface area contributed by atoms with Crippen LogP contribution >= 0.6 is 23.2 Å². The van der Waals surface area contributed by atoms with Crippen molar-refractivity contribution in [1.29, 1.82) is 0 Å². The lowest BCUT2D eigenvalue weighted by molar-refractivity contribution is 0.911. The fraction of sp³-hybridized carbons (Fsp3) is 0.364. The fourth-order valence-electron chi connectivity index (χ4n) is 1.56.